The van der Waals surface area contributed by atoms with E-state index in [9.17, 15) is 0 Å². The molecule has 1 unspecified atom stereocenters. The Kier molecular flexibility index (Phi) is 11.2. The topological polar surface area (TPSA) is 101 Å². The van der Waals surface area contributed by atoms with Crippen molar-refractivity contribution in [3.8, 4) is 11.5 Å². The third-order valence-corrected chi connectivity index (χ3v) is 0.830. The second kappa shape index (κ2) is 9.10. The average molecular weight is 230 g/mol. The van der Waals surface area contributed by atoms with Crippen LogP contribution in [0.4, 0.5) is 0 Å². The number of benzene rings is 1. The van der Waals surface area contributed by atoms with Gasteiger partial charge in [0.25, 0.3) is 0 Å². The molecule has 0 radical (unpaired) electrons. The Bertz CT molecular complexity index is 246. The largest absolute Gasteiger partial charge is 1.00 e. The van der Waals surface area contributed by atoms with Crippen LogP contribution in [0.15, 0.2) is 24.3 Å². The molecule has 68 valence electrons. The van der Waals surface area contributed by atoms with Crippen LogP contribution in [0.1, 0.15) is 0 Å². The van der Waals surface area contributed by atoms with Crippen LogP contribution in [-0.2, 0) is 11.4 Å². The Labute approximate surface area is 120 Å². The fourth-order valence-corrected chi connectivity index (χ4v) is 0.493. The standard InChI is InChI=1S/C6H6O2.K.H2O3S/c7-5-2-1-3-6(8)4-5;;1-4(2)3/h1-4,7-8H;;(H2,1,2,3)/q;+1;/p-1. The predicted octanol–water partition coefficient (Wildman–Crippen LogP) is -2.56. The second-order valence-corrected chi connectivity index (χ2v) is 2.17. The molecule has 0 aliphatic heterocycles. The molecule has 0 bridgehead atoms. The zero-order valence-electron chi connectivity index (χ0n) is 6.88. The quantitative estimate of drug-likeness (QED) is 0.336. The molecule has 1 aromatic rings. The van der Waals surface area contributed by atoms with Gasteiger partial charge in [-0.05, 0) is 12.1 Å². The van der Waals surface area contributed by atoms with Crippen molar-refractivity contribution in [2.75, 3.05) is 0 Å². The maximum atomic E-state index is 8.65. The third kappa shape index (κ3) is 12.5. The Morgan fingerprint density at radius 1 is 1.23 bits per heavy atom. The fourth-order valence-electron chi connectivity index (χ4n) is 0.493. The van der Waals surface area contributed by atoms with E-state index in [4.69, 9.17) is 23.5 Å². The van der Waals surface area contributed by atoms with Crippen LogP contribution in [0.5, 0.6) is 11.5 Å². The molecular formula is C6H7KO5S. The summed E-state index contributed by atoms with van der Waals surface area (Å²) in [7, 11) is 0. The first-order chi connectivity index (χ1) is 5.52. The van der Waals surface area contributed by atoms with E-state index >= 15 is 0 Å². The Balaban J connectivity index is 0. The summed E-state index contributed by atoms with van der Waals surface area (Å²) < 4.78 is 24.1. The predicted molar refractivity (Wildman–Crippen MR) is 41.3 cm³/mol. The number of hydrogen-bond donors (Lipinski definition) is 3. The normalized spacial score (nSPS) is 10.3. The first-order valence-electron chi connectivity index (χ1n) is 2.78. The van der Waals surface area contributed by atoms with Crippen molar-refractivity contribution in [3.05, 3.63) is 24.3 Å². The van der Waals surface area contributed by atoms with Crippen molar-refractivity contribution in [2.24, 2.45) is 0 Å². The molecule has 0 aromatic heterocycles. The smallest absolute Gasteiger partial charge is 0.750 e. The summed E-state index contributed by atoms with van der Waals surface area (Å²) in [5.74, 6) is 0.176. The molecule has 0 spiro atoms. The van der Waals surface area contributed by atoms with Gasteiger partial charge in [-0.2, -0.15) is 0 Å². The zero-order chi connectivity index (χ0) is 9.56. The monoisotopic (exact) mass is 230 g/mol. The van der Waals surface area contributed by atoms with Gasteiger partial charge in [0.15, 0.2) is 0 Å². The molecule has 3 N–H and O–H groups in total. The summed E-state index contributed by atoms with van der Waals surface area (Å²) in [6.07, 6.45) is 0. The summed E-state index contributed by atoms with van der Waals surface area (Å²) in [6, 6.07) is 5.85. The summed E-state index contributed by atoms with van der Waals surface area (Å²) in [5, 5.41) is 17.3. The van der Waals surface area contributed by atoms with Gasteiger partial charge in [-0.15, -0.1) is 0 Å². The summed E-state index contributed by atoms with van der Waals surface area (Å²) in [5.41, 5.74) is 0. The van der Waals surface area contributed by atoms with E-state index in [0.717, 1.165) is 0 Å². The molecular weight excluding hydrogens is 223 g/mol. The molecule has 13 heavy (non-hydrogen) atoms. The van der Waals surface area contributed by atoms with Crippen LogP contribution in [-0.4, -0.2) is 23.5 Å². The molecule has 1 atom stereocenters. The SMILES string of the molecule is O=S([O-])O.Oc1cccc(O)c1.[K+]. The van der Waals surface area contributed by atoms with Crippen LogP contribution in [0.2, 0.25) is 0 Å². The maximum absolute atomic E-state index is 8.65. The second-order valence-electron chi connectivity index (χ2n) is 1.74. The fraction of sp³-hybridized carbons (Fsp3) is 0. The van der Waals surface area contributed by atoms with Crippen LogP contribution in [0.25, 0.3) is 0 Å². The molecule has 5 nitrogen and oxygen atoms in total. The Morgan fingerprint density at radius 2 is 1.54 bits per heavy atom. The van der Waals surface area contributed by atoms with E-state index in [-0.39, 0.29) is 62.9 Å². The summed E-state index contributed by atoms with van der Waals surface area (Å²) >= 11 is -2.86. The average Bonchev–Trinajstić information content (AvgIpc) is 1.84. The van der Waals surface area contributed by atoms with Gasteiger partial charge in [-0.3, -0.25) is 0 Å². The van der Waals surface area contributed by atoms with Crippen molar-refractivity contribution in [1.82, 2.24) is 0 Å². The molecule has 0 heterocycles. The first kappa shape index (κ1) is 16.0. The molecule has 0 saturated carbocycles. The van der Waals surface area contributed by atoms with Gasteiger partial charge < -0.3 is 19.3 Å². The van der Waals surface area contributed by atoms with Gasteiger partial charge in [-0.1, -0.05) is 6.07 Å². The van der Waals surface area contributed by atoms with Crippen LogP contribution in [0.3, 0.4) is 0 Å². The van der Waals surface area contributed by atoms with Crippen molar-refractivity contribution in [3.63, 3.8) is 0 Å². The first-order valence-corrected chi connectivity index (χ1v) is 3.82. The van der Waals surface area contributed by atoms with Gasteiger partial charge in [0, 0.05) is 6.07 Å². The van der Waals surface area contributed by atoms with Gasteiger partial charge in [0.2, 0.25) is 0 Å². The molecule has 0 fully saturated rings. The number of rotatable bonds is 0. The molecule has 0 aliphatic carbocycles. The van der Waals surface area contributed by atoms with Crippen molar-refractivity contribution < 1.29 is 74.9 Å². The Hall–Kier alpha value is 0.526. The summed E-state index contributed by atoms with van der Waals surface area (Å²) in [4.78, 5) is 0. The van der Waals surface area contributed by atoms with Crippen molar-refractivity contribution in [2.45, 2.75) is 0 Å². The van der Waals surface area contributed by atoms with Crippen LogP contribution >= 0.6 is 0 Å². The number of aromatic hydroxyl groups is 2. The molecule has 7 heteroatoms. The van der Waals surface area contributed by atoms with E-state index in [1.807, 2.05) is 0 Å². The van der Waals surface area contributed by atoms with E-state index in [1.54, 1.807) is 6.07 Å². The number of phenols is 2. The number of phenolic OH excluding ortho intramolecular Hbond substituents is 2. The minimum Gasteiger partial charge on any atom is -0.750 e. The molecule has 0 amide bonds. The number of hydrogen-bond acceptors (Lipinski definition) is 4. The van der Waals surface area contributed by atoms with E-state index < -0.39 is 11.4 Å². The maximum Gasteiger partial charge on any atom is 1.00 e. The van der Waals surface area contributed by atoms with Crippen LogP contribution in [0, 0.1) is 0 Å². The van der Waals surface area contributed by atoms with E-state index in [1.165, 1.54) is 18.2 Å². The zero-order valence-corrected chi connectivity index (χ0v) is 10.8. The summed E-state index contributed by atoms with van der Waals surface area (Å²) in [6.45, 7) is 0. The van der Waals surface area contributed by atoms with Gasteiger partial charge >= 0.3 is 51.4 Å². The molecule has 0 saturated heterocycles. The third-order valence-electron chi connectivity index (χ3n) is 0.830. The van der Waals surface area contributed by atoms with Gasteiger partial charge in [0.05, 0.1) is 11.4 Å². The van der Waals surface area contributed by atoms with Crippen molar-refractivity contribution >= 4 is 11.4 Å². The van der Waals surface area contributed by atoms with Crippen LogP contribution < -0.4 is 51.4 Å². The minimum absolute atomic E-state index is 0. The van der Waals surface area contributed by atoms with Gasteiger partial charge in [0.1, 0.15) is 11.5 Å². The van der Waals surface area contributed by atoms with E-state index in [2.05, 4.69) is 0 Å². The van der Waals surface area contributed by atoms with E-state index in [0.29, 0.717) is 0 Å². The molecule has 0 aliphatic rings. The van der Waals surface area contributed by atoms with Crippen molar-refractivity contribution in [1.29, 1.82) is 0 Å². The van der Waals surface area contributed by atoms with Gasteiger partial charge in [-0.25, -0.2) is 4.21 Å². The Morgan fingerprint density at radius 3 is 1.69 bits per heavy atom. The molecule has 1 aromatic carbocycles. The minimum atomic E-state index is -2.86. The molecule has 1 rings (SSSR count).